The molecule has 0 unspecified atom stereocenters. The van der Waals surface area contributed by atoms with Crippen molar-refractivity contribution in [3.8, 4) is 11.6 Å². The lowest BCUT2D eigenvalue weighted by molar-refractivity contribution is -0.385. The summed E-state index contributed by atoms with van der Waals surface area (Å²) in [5.41, 5.74) is 1.81. The molecular formula is C11H9FN4O3. The van der Waals surface area contributed by atoms with Gasteiger partial charge in [-0.1, -0.05) is 12.1 Å². The molecule has 0 atom stereocenters. The molecule has 0 radical (unpaired) electrons. The normalized spacial score (nSPS) is 10.0. The van der Waals surface area contributed by atoms with E-state index in [4.69, 9.17) is 10.6 Å². The SMILES string of the molecule is NNc1cccc(Oc2c(F)cccc2[N+](=O)[O-])n1. The number of pyridine rings is 1. The maximum Gasteiger partial charge on any atom is 0.314 e. The van der Waals surface area contributed by atoms with Gasteiger partial charge in [0, 0.05) is 12.1 Å². The van der Waals surface area contributed by atoms with Gasteiger partial charge >= 0.3 is 5.69 Å². The standard InChI is InChI=1S/C11H9FN4O3/c12-7-3-1-4-8(16(17)18)11(7)19-10-6-2-5-9(14-10)15-13/h1-6H,13H2,(H,14,15). The minimum Gasteiger partial charge on any atom is -0.429 e. The molecule has 1 aromatic heterocycles. The van der Waals surface area contributed by atoms with Crippen molar-refractivity contribution in [3.05, 3.63) is 52.3 Å². The lowest BCUT2D eigenvalue weighted by Gasteiger charge is -2.07. The van der Waals surface area contributed by atoms with Crippen LogP contribution >= 0.6 is 0 Å². The Bertz CT molecular complexity index is 621. The highest BCUT2D eigenvalue weighted by Gasteiger charge is 2.20. The van der Waals surface area contributed by atoms with Crippen LogP contribution in [-0.4, -0.2) is 9.91 Å². The number of anilines is 1. The molecule has 0 amide bonds. The fourth-order valence-electron chi connectivity index (χ4n) is 1.40. The van der Waals surface area contributed by atoms with Crippen molar-refractivity contribution in [3.63, 3.8) is 0 Å². The van der Waals surface area contributed by atoms with E-state index >= 15 is 0 Å². The molecule has 98 valence electrons. The first-order chi connectivity index (χ1) is 9.11. The van der Waals surface area contributed by atoms with Gasteiger partial charge in [-0.25, -0.2) is 10.2 Å². The van der Waals surface area contributed by atoms with E-state index in [1.165, 1.54) is 12.1 Å². The van der Waals surface area contributed by atoms with Gasteiger partial charge in [-0.05, 0) is 12.1 Å². The van der Waals surface area contributed by atoms with Crippen molar-refractivity contribution in [2.24, 2.45) is 5.84 Å². The number of hydrazine groups is 1. The molecule has 19 heavy (non-hydrogen) atoms. The number of hydrogen-bond acceptors (Lipinski definition) is 6. The monoisotopic (exact) mass is 264 g/mol. The fourth-order valence-corrected chi connectivity index (χ4v) is 1.40. The summed E-state index contributed by atoms with van der Waals surface area (Å²) in [6.45, 7) is 0. The summed E-state index contributed by atoms with van der Waals surface area (Å²) >= 11 is 0. The predicted octanol–water partition coefficient (Wildman–Crippen LogP) is 2.21. The average molecular weight is 264 g/mol. The van der Waals surface area contributed by atoms with E-state index in [9.17, 15) is 14.5 Å². The summed E-state index contributed by atoms with van der Waals surface area (Å²) in [4.78, 5) is 13.9. The number of nitrogens with two attached hydrogens (primary N) is 1. The van der Waals surface area contributed by atoms with Gasteiger partial charge in [0.2, 0.25) is 11.6 Å². The van der Waals surface area contributed by atoms with Gasteiger partial charge in [-0.2, -0.15) is 4.98 Å². The molecule has 7 nitrogen and oxygen atoms in total. The highest BCUT2D eigenvalue weighted by Crippen LogP contribution is 2.33. The van der Waals surface area contributed by atoms with Crippen LogP contribution in [0.3, 0.4) is 0 Å². The van der Waals surface area contributed by atoms with Crippen LogP contribution in [-0.2, 0) is 0 Å². The zero-order valence-electron chi connectivity index (χ0n) is 9.54. The number of nitrogen functional groups attached to an aromatic ring is 1. The third-order valence-corrected chi connectivity index (χ3v) is 2.22. The predicted molar refractivity (Wildman–Crippen MR) is 65.2 cm³/mol. The van der Waals surface area contributed by atoms with Crippen LogP contribution in [0.1, 0.15) is 0 Å². The Morgan fingerprint density at radius 2 is 2.05 bits per heavy atom. The van der Waals surface area contributed by atoms with Crippen molar-refractivity contribution in [1.82, 2.24) is 4.98 Å². The molecule has 0 saturated heterocycles. The summed E-state index contributed by atoms with van der Waals surface area (Å²) in [7, 11) is 0. The number of rotatable bonds is 4. The fraction of sp³-hybridized carbons (Fsp3) is 0. The van der Waals surface area contributed by atoms with Gasteiger partial charge in [0.15, 0.2) is 5.82 Å². The molecule has 2 aromatic rings. The molecule has 0 bridgehead atoms. The Hall–Kier alpha value is -2.74. The zero-order chi connectivity index (χ0) is 13.8. The van der Waals surface area contributed by atoms with Crippen LogP contribution in [0.25, 0.3) is 0 Å². The first-order valence-electron chi connectivity index (χ1n) is 5.16. The second kappa shape index (κ2) is 5.27. The Labute approximate surface area is 107 Å². The van der Waals surface area contributed by atoms with Gasteiger partial charge in [0.1, 0.15) is 5.82 Å². The van der Waals surface area contributed by atoms with Crippen LogP contribution < -0.4 is 16.0 Å². The van der Waals surface area contributed by atoms with Gasteiger partial charge in [-0.15, -0.1) is 0 Å². The lowest BCUT2D eigenvalue weighted by atomic mass is 10.3. The summed E-state index contributed by atoms with van der Waals surface area (Å²) < 4.78 is 18.7. The molecule has 1 aromatic carbocycles. The molecule has 0 aliphatic heterocycles. The van der Waals surface area contributed by atoms with E-state index in [2.05, 4.69) is 10.4 Å². The van der Waals surface area contributed by atoms with Crippen LogP contribution in [0.5, 0.6) is 11.6 Å². The molecule has 0 saturated carbocycles. The molecule has 1 heterocycles. The molecule has 0 fully saturated rings. The number of para-hydroxylation sites is 1. The highest BCUT2D eigenvalue weighted by molar-refractivity contribution is 5.49. The van der Waals surface area contributed by atoms with Gasteiger partial charge in [0.05, 0.1) is 4.92 Å². The van der Waals surface area contributed by atoms with E-state index in [0.29, 0.717) is 0 Å². The maximum atomic E-state index is 13.6. The number of nitro groups is 1. The lowest BCUT2D eigenvalue weighted by Crippen LogP contribution is -2.08. The van der Waals surface area contributed by atoms with E-state index in [-0.39, 0.29) is 11.7 Å². The summed E-state index contributed by atoms with van der Waals surface area (Å²) in [5.74, 6) is 4.11. The van der Waals surface area contributed by atoms with Gasteiger partial charge in [0.25, 0.3) is 0 Å². The first kappa shape index (κ1) is 12.7. The van der Waals surface area contributed by atoms with Crippen molar-refractivity contribution in [2.75, 3.05) is 5.43 Å². The number of ether oxygens (including phenoxy) is 1. The Balaban J connectivity index is 2.40. The topological polar surface area (TPSA) is 103 Å². The third kappa shape index (κ3) is 2.75. The van der Waals surface area contributed by atoms with Crippen molar-refractivity contribution < 1.29 is 14.1 Å². The molecule has 8 heteroatoms. The molecule has 3 N–H and O–H groups in total. The van der Waals surface area contributed by atoms with Crippen LogP contribution in [0.2, 0.25) is 0 Å². The van der Waals surface area contributed by atoms with E-state index in [0.717, 1.165) is 12.1 Å². The summed E-state index contributed by atoms with van der Waals surface area (Å²) in [5, 5.41) is 10.8. The van der Waals surface area contributed by atoms with Gasteiger partial charge in [-0.3, -0.25) is 10.1 Å². The average Bonchev–Trinajstić information content (AvgIpc) is 2.41. The van der Waals surface area contributed by atoms with E-state index < -0.39 is 22.2 Å². The van der Waals surface area contributed by atoms with E-state index in [1.54, 1.807) is 12.1 Å². The van der Waals surface area contributed by atoms with Crippen molar-refractivity contribution in [2.45, 2.75) is 0 Å². The second-order valence-corrected chi connectivity index (χ2v) is 3.45. The number of aromatic nitrogens is 1. The number of nitrogens with one attached hydrogen (secondary N) is 1. The van der Waals surface area contributed by atoms with Gasteiger partial charge < -0.3 is 10.2 Å². The first-order valence-corrected chi connectivity index (χ1v) is 5.16. The quantitative estimate of drug-likeness (QED) is 0.498. The number of hydrogen-bond donors (Lipinski definition) is 2. The van der Waals surface area contributed by atoms with Crippen LogP contribution in [0, 0.1) is 15.9 Å². The maximum absolute atomic E-state index is 13.6. The minimum absolute atomic E-state index is 0.0105. The molecular weight excluding hydrogens is 255 g/mol. The zero-order valence-corrected chi connectivity index (χ0v) is 9.54. The Morgan fingerprint density at radius 1 is 1.32 bits per heavy atom. The largest absolute Gasteiger partial charge is 0.429 e. The third-order valence-electron chi connectivity index (χ3n) is 2.22. The summed E-state index contributed by atoms with van der Waals surface area (Å²) in [6.07, 6.45) is 0. The second-order valence-electron chi connectivity index (χ2n) is 3.45. The number of halogens is 1. The molecule has 0 aliphatic carbocycles. The number of benzene rings is 1. The smallest absolute Gasteiger partial charge is 0.314 e. The molecule has 2 rings (SSSR count). The Kier molecular flexibility index (Phi) is 3.53. The van der Waals surface area contributed by atoms with Crippen molar-refractivity contribution >= 4 is 11.5 Å². The summed E-state index contributed by atoms with van der Waals surface area (Å²) in [6, 6.07) is 7.98. The van der Waals surface area contributed by atoms with E-state index in [1.807, 2.05) is 0 Å². The highest BCUT2D eigenvalue weighted by atomic mass is 19.1. The minimum atomic E-state index is -0.845. The van der Waals surface area contributed by atoms with Crippen molar-refractivity contribution in [1.29, 1.82) is 0 Å². The Morgan fingerprint density at radius 3 is 2.74 bits per heavy atom. The number of nitro benzene ring substituents is 1. The molecule has 0 aliphatic rings. The number of nitrogens with zero attached hydrogens (tertiary/aromatic N) is 2. The molecule has 0 spiro atoms. The van der Waals surface area contributed by atoms with Crippen LogP contribution in [0.4, 0.5) is 15.9 Å². The van der Waals surface area contributed by atoms with Crippen LogP contribution in [0.15, 0.2) is 36.4 Å².